The van der Waals surface area contributed by atoms with Gasteiger partial charge in [-0.3, -0.25) is 19.2 Å². The number of nitrogens with two attached hydrogens (primary N) is 1. The normalized spacial score (nSPS) is 27.5. The minimum absolute atomic E-state index is 0.0796. The van der Waals surface area contributed by atoms with Crippen LogP contribution in [0, 0.1) is 17.8 Å². The second kappa shape index (κ2) is 7.83. The number of benzene rings is 2. The number of ketones is 2. The van der Waals surface area contributed by atoms with E-state index in [1.54, 1.807) is 24.3 Å². The van der Waals surface area contributed by atoms with Crippen LogP contribution in [0.25, 0.3) is 10.8 Å². The van der Waals surface area contributed by atoms with Crippen LogP contribution < -0.4 is 5.73 Å². The van der Waals surface area contributed by atoms with Gasteiger partial charge in [-0.1, -0.05) is 42.0 Å². The zero-order valence-electron chi connectivity index (χ0n) is 18.7. The van der Waals surface area contributed by atoms with Crippen molar-refractivity contribution in [3.05, 3.63) is 75.3 Å². The minimum atomic E-state index is -1.12. The maximum Gasteiger partial charge on any atom is 0.328 e. The molecule has 4 aliphatic rings. The fraction of sp³-hybridized carbons (Fsp3) is 0.222. The standard InChI is InChI=1S/C27H19BrN2O6/c28-18-10-20(32)23-17(24(18)33)9-16-14(5-6-15-22(16)26(35)30(25(15)34)27(29)36)21(23)13-7-8-19(31)12-4-2-1-3-11(12)13/h1-5,7-8,10,15-16,21-22,31H,6,9H2,(H2,29,36). The maximum atomic E-state index is 13.3. The molecule has 1 heterocycles. The summed E-state index contributed by atoms with van der Waals surface area (Å²) in [5, 5.41) is 11.8. The Morgan fingerprint density at radius 3 is 2.44 bits per heavy atom. The molecule has 6 rings (SSSR count). The average Bonchev–Trinajstić information content (AvgIpc) is 3.12. The molecule has 4 atom stereocenters. The molecule has 4 amide bonds. The van der Waals surface area contributed by atoms with Gasteiger partial charge in [0.25, 0.3) is 0 Å². The molecular formula is C27H19BrN2O6. The fourth-order valence-electron chi connectivity index (χ4n) is 6.34. The summed E-state index contributed by atoms with van der Waals surface area (Å²) in [5.41, 5.74) is 7.43. The van der Waals surface area contributed by atoms with E-state index < -0.39 is 41.5 Å². The van der Waals surface area contributed by atoms with Crippen molar-refractivity contribution >= 4 is 56.1 Å². The second-order valence-electron chi connectivity index (χ2n) is 9.46. The van der Waals surface area contributed by atoms with E-state index in [0.717, 1.165) is 5.57 Å². The SMILES string of the molecule is NC(=O)N1C(=O)C2CC=C3C(c4ccc(O)c5ccccc45)C4=C(CC3C2C1=O)C(=O)C(Br)=CC4=O. The molecule has 0 aromatic heterocycles. The van der Waals surface area contributed by atoms with Crippen LogP contribution in [0.3, 0.4) is 0 Å². The molecule has 1 fully saturated rings. The van der Waals surface area contributed by atoms with Gasteiger partial charge in [-0.05, 0) is 51.7 Å². The summed E-state index contributed by atoms with van der Waals surface area (Å²) in [6, 6.07) is 9.37. The van der Waals surface area contributed by atoms with Crippen molar-refractivity contribution in [1.29, 1.82) is 0 Å². The largest absolute Gasteiger partial charge is 0.507 e. The van der Waals surface area contributed by atoms with E-state index in [1.165, 1.54) is 6.08 Å². The van der Waals surface area contributed by atoms with Crippen LogP contribution in [0.1, 0.15) is 24.3 Å². The van der Waals surface area contributed by atoms with Crippen LogP contribution in [0.5, 0.6) is 5.75 Å². The lowest BCUT2D eigenvalue weighted by Crippen LogP contribution is -2.42. The number of phenolic OH excluding ortho intramolecular Hbond substituents is 1. The Bertz CT molecular complexity index is 1550. The number of amides is 4. The van der Waals surface area contributed by atoms with Crippen molar-refractivity contribution in [2.24, 2.45) is 23.5 Å². The van der Waals surface area contributed by atoms with E-state index in [1.807, 2.05) is 18.2 Å². The highest BCUT2D eigenvalue weighted by Crippen LogP contribution is 2.56. The van der Waals surface area contributed by atoms with Crippen LogP contribution in [-0.2, 0) is 19.2 Å². The second-order valence-corrected chi connectivity index (χ2v) is 10.3. The summed E-state index contributed by atoms with van der Waals surface area (Å²) >= 11 is 3.19. The number of nitrogens with zero attached hydrogens (tertiary/aromatic N) is 1. The Morgan fingerprint density at radius 1 is 1.00 bits per heavy atom. The van der Waals surface area contributed by atoms with Gasteiger partial charge in [0.2, 0.25) is 11.8 Å². The molecule has 9 heteroatoms. The minimum Gasteiger partial charge on any atom is -0.507 e. The number of fused-ring (bicyclic) bond motifs is 4. The summed E-state index contributed by atoms with van der Waals surface area (Å²) in [6.07, 6.45) is 3.43. The highest BCUT2D eigenvalue weighted by atomic mass is 79.9. The van der Waals surface area contributed by atoms with Gasteiger partial charge in [0.15, 0.2) is 11.6 Å². The van der Waals surface area contributed by atoms with Crippen LogP contribution in [-0.4, -0.2) is 39.4 Å². The number of hydrogen-bond acceptors (Lipinski definition) is 6. The number of Topliss-reactive ketones (excluding diaryl/α,β-unsaturated/α-hetero) is 1. The summed E-state index contributed by atoms with van der Waals surface area (Å²) < 4.78 is 0.132. The molecule has 2 aromatic rings. The van der Waals surface area contributed by atoms with E-state index in [4.69, 9.17) is 5.73 Å². The molecule has 1 saturated heterocycles. The lowest BCUT2D eigenvalue weighted by atomic mass is 9.59. The number of urea groups is 1. The molecule has 3 N–H and O–H groups in total. The van der Waals surface area contributed by atoms with E-state index in [9.17, 15) is 29.1 Å². The Morgan fingerprint density at radius 2 is 1.72 bits per heavy atom. The number of phenols is 1. The smallest absolute Gasteiger partial charge is 0.328 e. The highest BCUT2D eigenvalue weighted by molar-refractivity contribution is 9.12. The highest BCUT2D eigenvalue weighted by Gasteiger charge is 2.57. The lowest BCUT2D eigenvalue weighted by Gasteiger charge is -2.42. The average molecular weight is 547 g/mol. The molecular weight excluding hydrogens is 528 g/mol. The van der Waals surface area contributed by atoms with Gasteiger partial charge in [0, 0.05) is 28.5 Å². The first-order valence-corrected chi connectivity index (χ1v) is 12.3. The van der Waals surface area contributed by atoms with Gasteiger partial charge < -0.3 is 10.8 Å². The van der Waals surface area contributed by atoms with Gasteiger partial charge in [0.1, 0.15) is 5.75 Å². The molecule has 36 heavy (non-hydrogen) atoms. The van der Waals surface area contributed by atoms with E-state index in [2.05, 4.69) is 15.9 Å². The van der Waals surface area contributed by atoms with Gasteiger partial charge in [-0.2, -0.15) is 4.90 Å². The van der Waals surface area contributed by atoms with Crippen molar-refractivity contribution in [3.63, 3.8) is 0 Å². The third kappa shape index (κ3) is 2.95. The molecule has 0 spiro atoms. The van der Waals surface area contributed by atoms with Gasteiger partial charge in [0.05, 0.1) is 16.3 Å². The molecule has 4 unspecified atom stereocenters. The number of primary amides is 1. The Labute approximate surface area is 213 Å². The molecule has 0 radical (unpaired) electrons. The van der Waals surface area contributed by atoms with Gasteiger partial charge in [-0.15, -0.1) is 0 Å². The summed E-state index contributed by atoms with van der Waals surface area (Å²) in [7, 11) is 0. The van der Waals surface area contributed by atoms with Gasteiger partial charge in [-0.25, -0.2) is 4.79 Å². The third-order valence-electron chi connectivity index (χ3n) is 7.80. The number of imide groups is 3. The van der Waals surface area contributed by atoms with Crippen LogP contribution >= 0.6 is 15.9 Å². The van der Waals surface area contributed by atoms with Gasteiger partial charge >= 0.3 is 6.03 Å². The number of rotatable bonds is 1. The molecule has 0 saturated carbocycles. The van der Waals surface area contributed by atoms with E-state index >= 15 is 0 Å². The molecule has 2 aromatic carbocycles. The van der Waals surface area contributed by atoms with Crippen LogP contribution in [0.2, 0.25) is 0 Å². The summed E-state index contributed by atoms with van der Waals surface area (Å²) in [6.45, 7) is 0. The number of aromatic hydroxyl groups is 1. The zero-order valence-corrected chi connectivity index (χ0v) is 20.3. The predicted molar refractivity (Wildman–Crippen MR) is 132 cm³/mol. The Hall–Kier alpha value is -3.85. The first kappa shape index (κ1) is 22.6. The van der Waals surface area contributed by atoms with Crippen molar-refractivity contribution in [3.8, 4) is 5.75 Å². The summed E-state index contributed by atoms with van der Waals surface area (Å²) in [5.74, 6) is -4.74. The first-order valence-electron chi connectivity index (χ1n) is 11.5. The van der Waals surface area contributed by atoms with Crippen LogP contribution in [0.4, 0.5) is 4.79 Å². The molecule has 0 bridgehead atoms. The molecule has 180 valence electrons. The number of carbonyl (C=O) groups excluding carboxylic acids is 5. The zero-order chi connectivity index (χ0) is 25.5. The van der Waals surface area contributed by atoms with E-state index in [-0.39, 0.29) is 40.2 Å². The van der Waals surface area contributed by atoms with Crippen molar-refractivity contribution in [2.45, 2.75) is 18.8 Å². The lowest BCUT2D eigenvalue weighted by molar-refractivity contribution is -0.136. The number of carbonyl (C=O) groups is 5. The number of likely N-dealkylation sites (tertiary alicyclic amines) is 1. The van der Waals surface area contributed by atoms with Crippen LogP contribution in [0.15, 0.2) is 69.8 Å². The number of allylic oxidation sites excluding steroid dienone is 6. The molecule has 8 nitrogen and oxygen atoms in total. The predicted octanol–water partition coefficient (Wildman–Crippen LogP) is 3.39. The topological polar surface area (TPSA) is 135 Å². The first-order chi connectivity index (χ1) is 17.2. The Kier molecular flexibility index (Phi) is 4.91. The maximum absolute atomic E-state index is 13.3. The summed E-state index contributed by atoms with van der Waals surface area (Å²) in [4.78, 5) is 65.2. The monoisotopic (exact) mass is 546 g/mol. The number of hydrogen-bond donors (Lipinski definition) is 2. The molecule has 3 aliphatic carbocycles. The van der Waals surface area contributed by atoms with E-state index in [0.29, 0.717) is 26.8 Å². The number of halogens is 1. The third-order valence-corrected chi connectivity index (χ3v) is 8.39. The Balaban J connectivity index is 1.60. The fourth-order valence-corrected chi connectivity index (χ4v) is 6.78. The molecule has 1 aliphatic heterocycles. The quantitative estimate of drug-likeness (QED) is 0.319. The van der Waals surface area contributed by atoms with Crippen molar-refractivity contribution in [1.82, 2.24) is 4.90 Å². The van der Waals surface area contributed by atoms with Crippen molar-refractivity contribution < 1.29 is 29.1 Å². The van der Waals surface area contributed by atoms with Crippen molar-refractivity contribution in [2.75, 3.05) is 0 Å².